The molecular formula is C23H26ClN3O2. The Morgan fingerprint density at radius 3 is 2.38 bits per heavy atom. The highest BCUT2D eigenvalue weighted by molar-refractivity contribution is 6.30. The van der Waals surface area contributed by atoms with Crippen molar-refractivity contribution in [1.82, 2.24) is 4.90 Å². The van der Waals surface area contributed by atoms with Gasteiger partial charge in [0.25, 0.3) is 0 Å². The number of amides is 2. The summed E-state index contributed by atoms with van der Waals surface area (Å²) in [4.78, 5) is 20.3. The van der Waals surface area contributed by atoms with Crippen LogP contribution in [0, 0.1) is 0 Å². The number of rotatable bonds is 3. The normalized spacial score (nSPS) is 17.9. The first-order valence-corrected chi connectivity index (χ1v) is 10.5. The molecule has 0 atom stereocenters. The van der Waals surface area contributed by atoms with Crippen molar-refractivity contribution in [1.29, 1.82) is 0 Å². The van der Waals surface area contributed by atoms with E-state index >= 15 is 0 Å². The van der Waals surface area contributed by atoms with Crippen LogP contribution in [0.25, 0.3) is 0 Å². The zero-order valence-corrected chi connectivity index (χ0v) is 17.6. The number of urea groups is 1. The van der Waals surface area contributed by atoms with Gasteiger partial charge in [0.1, 0.15) is 5.60 Å². The monoisotopic (exact) mass is 411 g/mol. The predicted molar refractivity (Wildman–Crippen MR) is 117 cm³/mol. The molecule has 2 amide bonds. The largest absolute Gasteiger partial charge is 0.388 e. The Balaban J connectivity index is 1.31. The van der Waals surface area contributed by atoms with Crippen molar-refractivity contribution in [2.24, 2.45) is 5.16 Å². The summed E-state index contributed by atoms with van der Waals surface area (Å²) in [6.45, 7) is 5.62. The zero-order chi connectivity index (χ0) is 20.4. The molecule has 0 radical (unpaired) electrons. The fourth-order valence-corrected chi connectivity index (χ4v) is 3.98. The van der Waals surface area contributed by atoms with Crippen molar-refractivity contribution in [3.63, 3.8) is 0 Å². The van der Waals surface area contributed by atoms with Gasteiger partial charge in [-0.2, -0.15) is 0 Å². The molecule has 6 heteroatoms. The highest BCUT2D eigenvalue weighted by Crippen LogP contribution is 2.36. The Hall–Kier alpha value is -2.53. The third-order valence-corrected chi connectivity index (χ3v) is 6.06. The van der Waals surface area contributed by atoms with Crippen LogP contribution in [-0.4, -0.2) is 35.3 Å². The van der Waals surface area contributed by atoms with Crippen LogP contribution in [0.5, 0.6) is 0 Å². The molecule has 0 aromatic heterocycles. The van der Waals surface area contributed by atoms with Crippen molar-refractivity contribution in [2.75, 3.05) is 18.4 Å². The fraction of sp³-hybridized carbons (Fsp3) is 0.391. The Morgan fingerprint density at radius 2 is 1.76 bits per heavy atom. The molecule has 29 heavy (non-hydrogen) atoms. The Bertz CT molecular complexity index is 899. The van der Waals surface area contributed by atoms with Crippen molar-refractivity contribution >= 4 is 29.0 Å². The second-order valence-corrected chi connectivity index (χ2v) is 8.63. The van der Waals surface area contributed by atoms with E-state index in [1.165, 1.54) is 5.56 Å². The summed E-state index contributed by atoms with van der Waals surface area (Å²) in [5.41, 5.74) is 3.77. The van der Waals surface area contributed by atoms with Crippen LogP contribution in [0.3, 0.4) is 0 Å². The Morgan fingerprint density at radius 1 is 1.10 bits per heavy atom. The lowest BCUT2D eigenvalue weighted by Gasteiger charge is -2.37. The number of likely N-dealkylation sites (tertiary alicyclic amines) is 1. The van der Waals surface area contributed by atoms with E-state index in [1.54, 1.807) is 0 Å². The average Bonchev–Trinajstić information content (AvgIpc) is 3.13. The molecule has 2 aliphatic heterocycles. The second-order valence-electron chi connectivity index (χ2n) is 8.19. The van der Waals surface area contributed by atoms with Crippen LogP contribution >= 0.6 is 11.6 Å². The second kappa shape index (κ2) is 8.07. The summed E-state index contributed by atoms with van der Waals surface area (Å²) >= 11 is 5.97. The Labute approximate surface area is 176 Å². The topological polar surface area (TPSA) is 53.9 Å². The first-order valence-electron chi connectivity index (χ1n) is 10.1. The van der Waals surface area contributed by atoms with Crippen molar-refractivity contribution in [3.05, 3.63) is 64.7 Å². The summed E-state index contributed by atoms with van der Waals surface area (Å²) in [6.07, 6.45) is 2.31. The molecule has 0 unspecified atom stereocenters. The first-order chi connectivity index (χ1) is 13.9. The molecule has 0 saturated carbocycles. The summed E-state index contributed by atoms with van der Waals surface area (Å²) in [6, 6.07) is 15.7. The van der Waals surface area contributed by atoms with Gasteiger partial charge in [-0.1, -0.05) is 54.9 Å². The zero-order valence-electron chi connectivity index (χ0n) is 16.8. The number of carbonyl (C=O) groups excluding carboxylic acids is 1. The molecule has 1 spiro atoms. The van der Waals surface area contributed by atoms with Gasteiger partial charge < -0.3 is 15.1 Å². The quantitative estimate of drug-likeness (QED) is 0.708. The minimum Gasteiger partial charge on any atom is -0.388 e. The standard InChI is InChI=1S/C23H26ClN3O2/c1-16(2)17-5-9-20(10-6-17)25-22(28)27-13-11-23(12-14-27)15-21(26-29-23)18-3-7-19(24)8-4-18/h3-10,16H,11-15H2,1-2H3,(H,25,28). The minimum atomic E-state index is -0.301. The van der Waals surface area contributed by atoms with Crippen LogP contribution < -0.4 is 5.32 Å². The predicted octanol–water partition coefficient (Wildman–Crippen LogP) is 5.65. The molecule has 2 aliphatic rings. The number of hydrogen-bond acceptors (Lipinski definition) is 3. The van der Waals surface area contributed by atoms with Gasteiger partial charge in [0, 0.05) is 43.1 Å². The number of nitrogens with one attached hydrogen (secondary N) is 1. The SMILES string of the molecule is CC(C)c1ccc(NC(=O)N2CCC3(CC2)CC(c2ccc(Cl)cc2)=NO3)cc1. The highest BCUT2D eigenvalue weighted by Gasteiger charge is 2.43. The fourth-order valence-electron chi connectivity index (χ4n) is 3.86. The summed E-state index contributed by atoms with van der Waals surface area (Å²) in [5, 5.41) is 8.04. The van der Waals surface area contributed by atoms with Gasteiger partial charge >= 0.3 is 6.03 Å². The number of benzene rings is 2. The number of hydrogen-bond donors (Lipinski definition) is 1. The minimum absolute atomic E-state index is 0.0611. The van der Waals surface area contributed by atoms with Crippen LogP contribution in [0.15, 0.2) is 53.7 Å². The molecule has 5 nitrogen and oxygen atoms in total. The molecule has 152 valence electrons. The van der Waals surface area contributed by atoms with E-state index in [0.717, 1.165) is 36.2 Å². The van der Waals surface area contributed by atoms with Gasteiger partial charge in [-0.15, -0.1) is 0 Å². The summed E-state index contributed by atoms with van der Waals surface area (Å²) < 4.78 is 0. The van der Waals surface area contributed by atoms with E-state index in [1.807, 2.05) is 41.3 Å². The maximum atomic E-state index is 12.6. The lowest BCUT2D eigenvalue weighted by atomic mass is 9.85. The lowest BCUT2D eigenvalue weighted by molar-refractivity contribution is -0.0544. The van der Waals surface area contributed by atoms with Gasteiger partial charge in [0.2, 0.25) is 0 Å². The molecule has 2 aromatic carbocycles. The molecule has 4 rings (SSSR count). The molecule has 1 saturated heterocycles. The van der Waals surface area contributed by atoms with Gasteiger partial charge in [0.05, 0.1) is 5.71 Å². The lowest BCUT2D eigenvalue weighted by Crippen LogP contribution is -2.48. The van der Waals surface area contributed by atoms with Gasteiger partial charge in [-0.05, 0) is 41.3 Å². The molecule has 0 aliphatic carbocycles. The van der Waals surface area contributed by atoms with Crippen molar-refractivity contribution in [3.8, 4) is 0 Å². The highest BCUT2D eigenvalue weighted by atomic mass is 35.5. The molecule has 2 aromatic rings. The number of piperidine rings is 1. The Kier molecular flexibility index (Phi) is 5.50. The molecular weight excluding hydrogens is 386 g/mol. The van der Waals surface area contributed by atoms with E-state index in [0.29, 0.717) is 24.0 Å². The number of oxime groups is 1. The van der Waals surface area contributed by atoms with E-state index in [9.17, 15) is 4.79 Å². The maximum Gasteiger partial charge on any atom is 0.321 e. The van der Waals surface area contributed by atoms with Crippen LogP contribution in [0.2, 0.25) is 5.02 Å². The van der Waals surface area contributed by atoms with Crippen LogP contribution in [0.4, 0.5) is 10.5 Å². The molecule has 1 N–H and O–H groups in total. The van der Waals surface area contributed by atoms with Crippen molar-refractivity contribution in [2.45, 2.75) is 44.6 Å². The van der Waals surface area contributed by atoms with Gasteiger partial charge in [0.15, 0.2) is 0 Å². The van der Waals surface area contributed by atoms with E-state index in [-0.39, 0.29) is 11.6 Å². The number of nitrogens with zero attached hydrogens (tertiary/aromatic N) is 2. The summed E-state index contributed by atoms with van der Waals surface area (Å²) in [7, 11) is 0. The maximum absolute atomic E-state index is 12.6. The number of carbonyl (C=O) groups is 1. The van der Waals surface area contributed by atoms with E-state index in [2.05, 4.69) is 36.5 Å². The van der Waals surface area contributed by atoms with E-state index in [4.69, 9.17) is 16.4 Å². The number of halogens is 1. The van der Waals surface area contributed by atoms with Crippen LogP contribution in [0.1, 0.15) is 50.2 Å². The van der Waals surface area contributed by atoms with Gasteiger partial charge in [-0.25, -0.2) is 4.79 Å². The molecule has 0 bridgehead atoms. The van der Waals surface area contributed by atoms with Gasteiger partial charge in [-0.3, -0.25) is 0 Å². The third-order valence-electron chi connectivity index (χ3n) is 5.81. The molecule has 2 heterocycles. The number of anilines is 1. The first kappa shape index (κ1) is 19.8. The average molecular weight is 412 g/mol. The molecule has 1 fully saturated rings. The van der Waals surface area contributed by atoms with Crippen LogP contribution in [-0.2, 0) is 4.84 Å². The van der Waals surface area contributed by atoms with Crippen molar-refractivity contribution < 1.29 is 9.63 Å². The third kappa shape index (κ3) is 4.40. The smallest absolute Gasteiger partial charge is 0.321 e. The van der Waals surface area contributed by atoms with E-state index < -0.39 is 0 Å². The summed E-state index contributed by atoms with van der Waals surface area (Å²) in [5.74, 6) is 0.476.